The zero-order chi connectivity index (χ0) is 19.3. The Labute approximate surface area is 160 Å². The highest BCUT2D eigenvalue weighted by atomic mass is 32.2. The van der Waals surface area contributed by atoms with E-state index in [-0.39, 0.29) is 22.9 Å². The lowest BCUT2D eigenvalue weighted by atomic mass is 9.93. The van der Waals surface area contributed by atoms with E-state index in [0.717, 1.165) is 22.9 Å². The van der Waals surface area contributed by atoms with E-state index in [1.807, 2.05) is 24.3 Å². The molecule has 0 spiro atoms. The minimum atomic E-state index is -0.375. The maximum atomic E-state index is 12.8. The predicted octanol–water partition coefficient (Wildman–Crippen LogP) is 6.04. The van der Waals surface area contributed by atoms with Crippen LogP contribution in [-0.4, -0.2) is 17.7 Å². The average molecular weight is 371 g/mol. The van der Waals surface area contributed by atoms with E-state index in [1.165, 1.54) is 0 Å². The molecule has 0 aliphatic heterocycles. The topological polar surface area (TPSA) is 43.4 Å². The Morgan fingerprint density at radius 2 is 1.65 bits per heavy atom. The molecule has 2 rings (SSSR count). The van der Waals surface area contributed by atoms with E-state index in [2.05, 4.69) is 33.8 Å². The molecule has 0 N–H and O–H groups in total. The van der Waals surface area contributed by atoms with Crippen LogP contribution < -0.4 is 0 Å². The number of benzene rings is 2. The van der Waals surface area contributed by atoms with E-state index >= 15 is 0 Å². The first-order valence-electron chi connectivity index (χ1n) is 8.97. The highest BCUT2D eigenvalue weighted by Gasteiger charge is 2.23. The zero-order valence-corrected chi connectivity index (χ0v) is 16.9. The van der Waals surface area contributed by atoms with Crippen molar-refractivity contribution in [3.63, 3.8) is 0 Å². The van der Waals surface area contributed by atoms with Crippen LogP contribution in [0.1, 0.15) is 78.3 Å². The predicted molar refractivity (Wildman–Crippen MR) is 107 cm³/mol. The second kappa shape index (κ2) is 9.04. The molecule has 2 aromatic carbocycles. The second-order valence-electron chi connectivity index (χ2n) is 6.77. The third-order valence-corrected chi connectivity index (χ3v) is 5.21. The maximum Gasteiger partial charge on any atom is 0.339 e. The van der Waals surface area contributed by atoms with Crippen molar-refractivity contribution in [2.45, 2.75) is 51.3 Å². The third-order valence-electron chi connectivity index (χ3n) is 4.13. The smallest absolute Gasteiger partial charge is 0.339 e. The zero-order valence-electron chi connectivity index (χ0n) is 16.0. The van der Waals surface area contributed by atoms with Gasteiger partial charge in [0.1, 0.15) is 0 Å². The second-order valence-corrected chi connectivity index (χ2v) is 7.76. The number of thioether (sulfide) groups is 1. The summed E-state index contributed by atoms with van der Waals surface area (Å²) in [5.74, 6) is 0.0952. The first-order chi connectivity index (χ1) is 12.3. The highest BCUT2D eigenvalue weighted by molar-refractivity contribution is 8.14. The maximum absolute atomic E-state index is 12.8. The van der Waals surface area contributed by atoms with Crippen LogP contribution in [0.4, 0.5) is 0 Å². The van der Waals surface area contributed by atoms with E-state index in [9.17, 15) is 9.59 Å². The molecule has 0 saturated carbocycles. The van der Waals surface area contributed by atoms with Crippen molar-refractivity contribution < 1.29 is 14.3 Å². The van der Waals surface area contributed by atoms with Gasteiger partial charge in [0.15, 0.2) is 0 Å². The summed E-state index contributed by atoms with van der Waals surface area (Å²) in [7, 11) is 0. The molecule has 3 nitrogen and oxygen atoms in total. The van der Waals surface area contributed by atoms with Crippen LogP contribution in [-0.2, 0) is 4.74 Å². The lowest BCUT2D eigenvalue weighted by molar-refractivity contribution is 0.0522. The van der Waals surface area contributed by atoms with Crippen LogP contribution in [0.25, 0.3) is 0 Å². The van der Waals surface area contributed by atoms with Gasteiger partial charge < -0.3 is 4.74 Å². The van der Waals surface area contributed by atoms with E-state index in [1.54, 1.807) is 19.1 Å². The van der Waals surface area contributed by atoms with Gasteiger partial charge in [-0.25, -0.2) is 4.79 Å². The number of hydrogen-bond donors (Lipinski definition) is 0. The van der Waals surface area contributed by atoms with Gasteiger partial charge in [0.2, 0.25) is 5.12 Å². The Morgan fingerprint density at radius 3 is 2.19 bits per heavy atom. The number of ether oxygens (including phenoxy) is 1. The summed E-state index contributed by atoms with van der Waals surface area (Å²) in [5.41, 5.74) is 3.19. The molecule has 26 heavy (non-hydrogen) atoms. The summed E-state index contributed by atoms with van der Waals surface area (Å²) in [6.45, 7) is 10.4. The molecule has 0 heterocycles. The van der Waals surface area contributed by atoms with Crippen LogP contribution in [0.3, 0.4) is 0 Å². The van der Waals surface area contributed by atoms with Crippen LogP contribution in [0.15, 0.2) is 47.4 Å². The van der Waals surface area contributed by atoms with Gasteiger partial charge in [0.25, 0.3) is 0 Å². The van der Waals surface area contributed by atoms with Gasteiger partial charge >= 0.3 is 5.97 Å². The molecule has 0 amide bonds. The van der Waals surface area contributed by atoms with Crippen LogP contribution in [0.5, 0.6) is 0 Å². The Hall–Kier alpha value is -2.07. The molecule has 138 valence electrons. The van der Waals surface area contributed by atoms with Crippen LogP contribution in [0, 0.1) is 0 Å². The fourth-order valence-corrected chi connectivity index (χ4v) is 3.74. The lowest BCUT2D eigenvalue weighted by Crippen LogP contribution is -2.11. The fourth-order valence-electron chi connectivity index (χ4n) is 2.64. The molecule has 4 heteroatoms. The molecule has 0 radical (unpaired) electrons. The third kappa shape index (κ3) is 4.76. The number of rotatable bonds is 6. The van der Waals surface area contributed by atoms with Crippen molar-refractivity contribution in [2.24, 2.45) is 0 Å². The lowest BCUT2D eigenvalue weighted by Gasteiger charge is -2.19. The molecule has 0 aliphatic rings. The molecule has 0 aromatic heterocycles. The highest BCUT2D eigenvalue weighted by Crippen LogP contribution is 2.37. The Bertz CT molecular complexity index is 779. The summed E-state index contributed by atoms with van der Waals surface area (Å²) in [6, 6.07) is 13.1. The minimum absolute atomic E-state index is 0.0738. The van der Waals surface area contributed by atoms with Crippen molar-refractivity contribution in [1.82, 2.24) is 0 Å². The number of carbonyl (C=O) groups excluding carboxylic acids is 2. The van der Waals surface area contributed by atoms with Gasteiger partial charge in [0, 0.05) is 10.5 Å². The van der Waals surface area contributed by atoms with E-state index < -0.39 is 0 Å². The fraction of sp³-hybridized carbons (Fsp3) is 0.364. The summed E-state index contributed by atoms with van der Waals surface area (Å²) >= 11 is 1.11. The molecule has 0 saturated heterocycles. The molecule has 0 bridgehead atoms. The molecule has 2 aromatic rings. The molecule has 0 unspecified atom stereocenters. The monoisotopic (exact) mass is 370 g/mol. The Morgan fingerprint density at radius 1 is 1.00 bits per heavy atom. The standard InChI is InChI=1S/C22H26O3S/c1-6-25-21(23)19-13-17(14(2)3)12-18(15(4)5)20(19)26-22(24)16-10-8-7-9-11-16/h7-15H,6H2,1-5H3. The van der Waals surface area contributed by atoms with Gasteiger partial charge in [-0.1, -0.05) is 64.1 Å². The van der Waals surface area contributed by atoms with Gasteiger partial charge in [-0.15, -0.1) is 0 Å². The quantitative estimate of drug-likeness (QED) is 0.459. The summed E-state index contributed by atoms with van der Waals surface area (Å²) in [6.07, 6.45) is 0. The Kier molecular flexibility index (Phi) is 7.04. The van der Waals surface area contributed by atoms with E-state index in [4.69, 9.17) is 4.74 Å². The SMILES string of the molecule is CCOC(=O)c1cc(C(C)C)cc(C(C)C)c1SC(=O)c1ccccc1. The normalized spacial score (nSPS) is 11.0. The molecular weight excluding hydrogens is 344 g/mol. The Balaban J connectivity index is 2.56. The molecule has 0 aliphatic carbocycles. The first-order valence-corrected chi connectivity index (χ1v) is 9.79. The minimum Gasteiger partial charge on any atom is -0.462 e. The van der Waals surface area contributed by atoms with Crippen LogP contribution in [0.2, 0.25) is 0 Å². The number of esters is 1. The van der Waals surface area contributed by atoms with Crippen molar-refractivity contribution in [3.05, 3.63) is 64.7 Å². The van der Waals surface area contributed by atoms with Gasteiger partial charge in [-0.2, -0.15) is 0 Å². The van der Waals surface area contributed by atoms with Crippen molar-refractivity contribution in [3.8, 4) is 0 Å². The molecule has 0 fully saturated rings. The average Bonchev–Trinajstić information content (AvgIpc) is 2.62. The van der Waals surface area contributed by atoms with Crippen molar-refractivity contribution >= 4 is 22.8 Å². The van der Waals surface area contributed by atoms with Gasteiger partial charge in [0.05, 0.1) is 12.2 Å². The number of hydrogen-bond acceptors (Lipinski definition) is 4. The first kappa shape index (κ1) is 20.2. The van der Waals surface area contributed by atoms with Crippen LogP contribution >= 0.6 is 11.8 Å². The summed E-state index contributed by atoms with van der Waals surface area (Å²) < 4.78 is 5.26. The largest absolute Gasteiger partial charge is 0.462 e. The van der Waals surface area contributed by atoms with Gasteiger partial charge in [-0.3, -0.25) is 4.79 Å². The van der Waals surface area contributed by atoms with Crippen molar-refractivity contribution in [2.75, 3.05) is 6.61 Å². The van der Waals surface area contributed by atoms with Gasteiger partial charge in [-0.05, 0) is 47.7 Å². The number of carbonyl (C=O) groups is 2. The van der Waals surface area contributed by atoms with E-state index in [0.29, 0.717) is 22.6 Å². The van der Waals surface area contributed by atoms with Crippen molar-refractivity contribution in [1.29, 1.82) is 0 Å². The summed E-state index contributed by atoms with van der Waals surface area (Å²) in [4.78, 5) is 26.0. The molecular formula is C22H26O3S. The summed E-state index contributed by atoms with van der Waals surface area (Å²) in [5, 5.41) is -0.0738. The molecule has 0 atom stereocenters.